The van der Waals surface area contributed by atoms with Crippen LogP contribution in [0.1, 0.15) is 122 Å². The summed E-state index contributed by atoms with van der Waals surface area (Å²) in [6, 6.07) is 10.0. The first-order valence-corrected chi connectivity index (χ1v) is 16.9. The van der Waals surface area contributed by atoms with Gasteiger partial charge in [-0.3, -0.25) is 4.79 Å². The van der Waals surface area contributed by atoms with Crippen LogP contribution in [-0.4, -0.2) is 73.3 Å². The molecule has 8 heteroatoms. The van der Waals surface area contributed by atoms with Crippen LogP contribution in [0.2, 0.25) is 0 Å². The van der Waals surface area contributed by atoms with E-state index in [9.17, 15) is 15.0 Å². The molecule has 1 heterocycles. The topological polar surface area (TPSA) is 104 Å². The molecule has 0 saturated carbocycles. The molecule has 0 aliphatic carbocycles. The van der Waals surface area contributed by atoms with Crippen LogP contribution >= 0.6 is 0 Å². The average Bonchev–Trinajstić information content (AvgIpc) is 3.01. The van der Waals surface area contributed by atoms with Gasteiger partial charge in [-0.2, -0.15) is 0 Å². The number of rotatable bonds is 25. The molecule has 0 bridgehead atoms. The van der Waals surface area contributed by atoms with Gasteiger partial charge in [-0.15, -0.1) is 0 Å². The molecule has 1 aromatic carbocycles. The molecule has 6 atom stereocenters. The number of esters is 1. The van der Waals surface area contributed by atoms with Crippen molar-refractivity contribution in [1.82, 2.24) is 0 Å². The van der Waals surface area contributed by atoms with Gasteiger partial charge in [0.25, 0.3) is 0 Å². The third-order valence-electron chi connectivity index (χ3n) is 8.32. The number of aliphatic hydroxyl groups excluding tert-OH is 2. The van der Waals surface area contributed by atoms with Crippen molar-refractivity contribution in [3.05, 3.63) is 35.9 Å². The monoisotopic (exact) mass is 608 g/mol. The molecule has 248 valence electrons. The van der Waals surface area contributed by atoms with Crippen LogP contribution in [0.25, 0.3) is 0 Å². The predicted molar refractivity (Wildman–Crippen MR) is 169 cm³/mol. The summed E-state index contributed by atoms with van der Waals surface area (Å²) in [4.78, 5) is 12.0. The molecular formula is C35H60O8. The van der Waals surface area contributed by atoms with Gasteiger partial charge in [0.05, 0.1) is 37.1 Å². The molecule has 0 amide bonds. The highest BCUT2D eigenvalue weighted by Gasteiger charge is 2.37. The van der Waals surface area contributed by atoms with E-state index < -0.39 is 18.3 Å². The van der Waals surface area contributed by atoms with Crippen molar-refractivity contribution >= 4 is 5.97 Å². The lowest BCUT2D eigenvalue weighted by Crippen LogP contribution is -2.46. The number of aliphatic hydroxyl groups is 2. The Balaban J connectivity index is 1.76. The highest BCUT2D eigenvalue weighted by Crippen LogP contribution is 2.30. The SMILES string of the molecule is CCCCCCCCCC[C@@H]1O[C@H]([C@H](CC[C@H](O)[C@H](O)CCCCOCc2ccccc2)OC(C)=O)CC[C@H]1OCOC. The molecule has 2 N–H and O–H groups in total. The Morgan fingerprint density at radius 3 is 2.30 bits per heavy atom. The van der Waals surface area contributed by atoms with E-state index in [0.29, 0.717) is 38.9 Å². The van der Waals surface area contributed by atoms with Gasteiger partial charge in [-0.1, -0.05) is 88.6 Å². The van der Waals surface area contributed by atoms with Gasteiger partial charge in [0.1, 0.15) is 12.9 Å². The Kier molecular flexibility index (Phi) is 20.8. The lowest BCUT2D eigenvalue weighted by atomic mass is 9.92. The second kappa shape index (κ2) is 23.8. The number of carbonyl (C=O) groups is 1. The molecule has 43 heavy (non-hydrogen) atoms. The van der Waals surface area contributed by atoms with Crippen LogP contribution in [0.15, 0.2) is 30.3 Å². The summed E-state index contributed by atoms with van der Waals surface area (Å²) in [6.07, 6.45) is 12.6. The number of hydrogen-bond acceptors (Lipinski definition) is 8. The minimum atomic E-state index is -0.891. The van der Waals surface area contributed by atoms with Crippen molar-refractivity contribution < 1.29 is 38.7 Å². The van der Waals surface area contributed by atoms with Crippen molar-refractivity contribution in [2.75, 3.05) is 20.5 Å². The van der Waals surface area contributed by atoms with E-state index in [1.807, 2.05) is 30.3 Å². The number of ether oxygens (including phenoxy) is 5. The second-order valence-electron chi connectivity index (χ2n) is 12.1. The molecule has 1 aliphatic heterocycles. The maximum absolute atomic E-state index is 12.0. The van der Waals surface area contributed by atoms with Crippen LogP contribution in [0.3, 0.4) is 0 Å². The zero-order valence-corrected chi connectivity index (χ0v) is 27.1. The lowest BCUT2D eigenvalue weighted by molar-refractivity contribution is -0.201. The number of hydrogen-bond donors (Lipinski definition) is 2. The first-order valence-electron chi connectivity index (χ1n) is 16.9. The molecule has 1 aliphatic rings. The quantitative estimate of drug-likeness (QED) is 0.0704. The first-order chi connectivity index (χ1) is 20.9. The van der Waals surface area contributed by atoms with Gasteiger partial charge in [-0.25, -0.2) is 0 Å². The molecule has 0 aromatic heterocycles. The zero-order chi connectivity index (χ0) is 31.1. The summed E-state index contributed by atoms with van der Waals surface area (Å²) in [5, 5.41) is 21.2. The molecule has 0 spiro atoms. The van der Waals surface area contributed by atoms with Crippen LogP contribution in [0.4, 0.5) is 0 Å². The zero-order valence-electron chi connectivity index (χ0n) is 27.1. The third kappa shape index (κ3) is 16.9. The Morgan fingerprint density at radius 1 is 0.907 bits per heavy atom. The van der Waals surface area contributed by atoms with E-state index >= 15 is 0 Å². The summed E-state index contributed by atoms with van der Waals surface area (Å²) in [6.45, 7) is 5.06. The molecule has 0 unspecified atom stereocenters. The maximum atomic E-state index is 12.0. The van der Waals surface area contributed by atoms with Crippen molar-refractivity contribution in [3.8, 4) is 0 Å². The van der Waals surface area contributed by atoms with Crippen molar-refractivity contribution in [1.29, 1.82) is 0 Å². The summed E-state index contributed by atoms with van der Waals surface area (Å²) in [7, 11) is 1.62. The fourth-order valence-electron chi connectivity index (χ4n) is 5.82. The van der Waals surface area contributed by atoms with Gasteiger partial charge in [-0.05, 0) is 56.9 Å². The minimum absolute atomic E-state index is 0.0529. The second-order valence-corrected chi connectivity index (χ2v) is 12.1. The lowest BCUT2D eigenvalue weighted by Gasteiger charge is -2.39. The highest BCUT2D eigenvalue weighted by atomic mass is 16.7. The molecule has 1 aromatic rings. The standard InChI is InChI=1S/C35H60O8/c1-4-5-6-7-8-9-10-14-20-33-32(41-27-39-3)23-24-35(43-33)34(42-28(2)36)22-21-31(38)30(37)19-15-16-25-40-26-29-17-12-11-13-18-29/h11-13,17-18,30-35,37-38H,4-10,14-16,19-27H2,1-3H3/t30-,31+,32-,33+,34+,35+/m1/s1. The smallest absolute Gasteiger partial charge is 0.302 e. The van der Waals surface area contributed by atoms with E-state index in [1.54, 1.807) is 7.11 Å². The van der Waals surface area contributed by atoms with E-state index in [1.165, 1.54) is 51.9 Å². The summed E-state index contributed by atoms with van der Waals surface area (Å²) < 4.78 is 29.1. The minimum Gasteiger partial charge on any atom is -0.460 e. The van der Waals surface area contributed by atoms with Crippen LogP contribution in [-0.2, 0) is 35.1 Å². The van der Waals surface area contributed by atoms with Gasteiger partial charge < -0.3 is 33.9 Å². The van der Waals surface area contributed by atoms with E-state index in [-0.39, 0.29) is 31.1 Å². The van der Waals surface area contributed by atoms with Crippen molar-refractivity contribution in [2.24, 2.45) is 0 Å². The van der Waals surface area contributed by atoms with Gasteiger partial charge in [0.2, 0.25) is 0 Å². The Labute approximate surface area is 260 Å². The largest absolute Gasteiger partial charge is 0.460 e. The van der Waals surface area contributed by atoms with Crippen LogP contribution in [0, 0.1) is 0 Å². The van der Waals surface area contributed by atoms with E-state index in [0.717, 1.165) is 37.7 Å². The average molecular weight is 609 g/mol. The number of methoxy groups -OCH3 is 1. The Hall–Kier alpha value is -1.55. The van der Waals surface area contributed by atoms with Gasteiger partial charge in [0.15, 0.2) is 0 Å². The first kappa shape index (κ1) is 37.6. The highest BCUT2D eigenvalue weighted by molar-refractivity contribution is 5.66. The molecule has 8 nitrogen and oxygen atoms in total. The number of carbonyl (C=O) groups excluding carboxylic acids is 1. The normalized spacial score (nSPS) is 20.9. The molecule has 0 radical (unpaired) electrons. The van der Waals surface area contributed by atoms with Crippen molar-refractivity contribution in [3.63, 3.8) is 0 Å². The van der Waals surface area contributed by atoms with Gasteiger partial charge in [0, 0.05) is 20.6 Å². The molecule has 2 rings (SSSR count). The number of unbranched alkanes of at least 4 members (excludes halogenated alkanes) is 8. The molecule has 1 saturated heterocycles. The summed E-state index contributed by atoms with van der Waals surface area (Å²) in [5.41, 5.74) is 1.14. The fraction of sp³-hybridized carbons (Fsp3) is 0.800. The Morgan fingerprint density at radius 2 is 1.60 bits per heavy atom. The Bertz CT molecular complexity index is 806. The van der Waals surface area contributed by atoms with Crippen LogP contribution in [0.5, 0.6) is 0 Å². The fourth-order valence-corrected chi connectivity index (χ4v) is 5.82. The molecular weight excluding hydrogens is 548 g/mol. The van der Waals surface area contributed by atoms with Crippen molar-refractivity contribution in [2.45, 2.75) is 160 Å². The van der Waals surface area contributed by atoms with E-state index in [2.05, 4.69) is 6.92 Å². The predicted octanol–water partition coefficient (Wildman–Crippen LogP) is 6.87. The van der Waals surface area contributed by atoms with Crippen LogP contribution < -0.4 is 0 Å². The molecule has 1 fully saturated rings. The maximum Gasteiger partial charge on any atom is 0.302 e. The van der Waals surface area contributed by atoms with Gasteiger partial charge >= 0.3 is 5.97 Å². The van der Waals surface area contributed by atoms with E-state index in [4.69, 9.17) is 23.7 Å². The third-order valence-corrected chi connectivity index (χ3v) is 8.32. The number of benzene rings is 1. The summed E-state index contributed by atoms with van der Waals surface area (Å²) in [5.74, 6) is -0.364. The summed E-state index contributed by atoms with van der Waals surface area (Å²) >= 11 is 0.